The van der Waals surface area contributed by atoms with Crippen LogP contribution in [0.2, 0.25) is 0 Å². The normalized spacial score (nSPS) is 31.9. The van der Waals surface area contributed by atoms with Crippen LogP contribution in [0.25, 0.3) is 0 Å². The van der Waals surface area contributed by atoms with E-state index in [2.05, 4.69) is 17.6 Å². The van der Waals surface area contributed by atoms with Gasteiger partial charge in [0.15, 0.2) is 0 Å². The van der Waals surface area contributed by atoms with Crippen LogP contribution in [0.5, 0.6) is 0 Å². The Morgan fingerprint density at radius 2 is 2.06 bits per heavy atom. The molecule has 16 heavy (non-hydrogen) atoms. The molecular formula is C13H26N2O. The Hall–Kier alpha value is -0.120. The van der Waals surface area contributed by atoms with Gasteiger partial charge < -0.3 is 15.4 Å². The maximum Gasteiger partial charge on any atom is 0.0468 e. The van der Waals surface area contributed by atoms with E-state index in [1.165, 1.54) is 45.3 Å². The van der Waals surface area contributed by atoms with Crippen molar-refractivity contribution in [1.29, 1.82) is 0 Å². The summed E-state index contributed by atoms with van der Waals surface area (Å²) in [6.07, 6.45) is 5.31. The van der Waals surface area contributed by atoms with Gasteiger partial charge in [-0.1, -0.05) is 6.92 Å². The zero-order valence-corrected chi connectivity index (χ0v) is 10.8. The molecule has 2 N–H and O–H groups in total. The average molecular weight is 226 g/mol. The van der Waals surface area contributed by atoms with E-state index in [0.29, 0.717) is 10.8 Å². The van der Waals surface area contributed by atoms with E-state index in [0.717, 1.165) is 13.2 Å². The predicted octanol–water partition coefficient (Wildman–Crippen LogP) is 1.39. The van der Waals surface area contributed by atoms with Crippen LogP contribution >= 0.6 is 0 Å². The molecule has 1 unspecified atom stereocenters. The van der Waals surface area contributed by atoms with E-state index in [4.69, 9.17) is 4.74 Å². The van der Waals surface area contributed by atoms with Gasteiger partial charge in [-0.25, -0.2) is 0 Å². The van der Waals surface area contributed by atoms with Crippen molar-refractivity contribution in [1.82, 2.24) is 10.6 Å². The van der Waals surface area contributed by atoms with Gasteiger partial charge in [0, 0.05) is 33.4 Å². The fourth-order valence-corrected chi connectivity index (χ4v) is 2.66. The van der Waals surface area contributed by atoms with E-state index in [9.17, 15) is 0 Å². The molecule has 2 rings (SSSR count). The van der Waals surface area contributed by atoms with E-state index in [-0.39, 0.29) is 0 Å². The molecule has 1 atom stereocenters. The fraction of sp³-hybridized carbons (Fsp3) is 1.00. The molecule has 0 aromatic heterocycles. The summed E-state index contributed by atoms with van der Waals surface area (Å²) in [6.45, 7) is 8.01. The van der Waals surface area contributed by atoms with Crippen molar-refractivity contribution in [2.45, 2.75) is 32.6 Å². The van der Waals surface area contributed by atoms with Crippen LogP contribution in [-0.2, 0) is 4.74 Å². The Bertz CT molecular complexity index is 220. The molecule has 2 aliphatic rings. The summed E-state index contributed by atoms with van der Waals surface area (Å²) in [5.41, 5.74) is 1.07. The highest BCUT2D eigenvalue weighted by molar-refractivity contribution is 4.95. The van der Waals surface area contributed by atoms with Gasteiger partial charge in [0.05, 0.1) is 0 Å². The topological polar surface area (TPSA) is 33.3 Å². The fourth-order valence-electron chi connectivity index (χ4n) is 2.66. The van der Waals surface area contributed by atoms with Crippen LogP contribution in [0.15, 0.2) is 0 Å². The van der Waals surface area contributed by atoms with Gasteiger partial charge in [-0.15, -0.1) is 0 Å². The van der Waals surface area contributed by atoms with Gasteiger partial charge in [-0.2, -0.15) is 0 Å². The molecule has 0 aromatic carbocycles. The van der Waals surface area contributed by atoms with Crippen LogP contribution in [0.3, 0.4) is 0 Å². The van der Waals surface area contributed by atoms with E-state index >= 15 is 0 Å². The number of hydrogen-bond acceptors (Lipinski definition) is 3. The van der Waals surface area contributed by atoms with Gasteiger partial charge in [0.2, 0.25) is 0 Å². The van der Waals surface area contributed by atoms with Crippen LogP contribution in [-0.4, -0.2) is 39.9 Å². The molecule has 3 heteroatoms. The standard InChI is InChI=1S/C13H26N2O/c1-12(5-7-14-9-12)10-15-11-13(3-4-13)6-8-16-2/h14-15H,3-11H2,1-2H3. The van der Waals surface area contributed by atoms with Gasteiger partial charge >= 0.3 is 0 Å². The van der Waals surface area contributed by atoms with Crippen LogP contribution in [0, 0.1) is 10.8 Å². The van der Waals surface area contributed by atoms with E-state index < -0.39 is 0 Å². The van der Waals surface area contributed by atoms with Crippen molar-refractivity contribution in [2.75, 3.05) is 39.9 Å². The molecule has 2 fully saturated rings. The van der Waals surface area contributed by atoms with Gasteiger partial charge in [-0.3, -0.25) is 0 Å². The zero-order valence-electron chi connectivity index (χ0n) is 10.8. The second-order valence-corrected chi connectivity index (χ2v) is 6.08. The molecule has 1 saturated heterocycles. The SMILES string of the molecule is COCCC1(CNCC2(C)CCNC2)CC1. The number of nitrogens with one attached hydrogen (secondary N) is 2. The summed E-state index contributed by atoms with van der Waals surface area (Å²) in [5.74, 6) is 0. The van der Waals surface area contributed by atoms with Crippen molar-refractivity contribution in [3.8, 4) is 0 Å². The van der Waals surface area contributed by atoms with Crippen LogP contribution in [0.4, 0.5) is 0 Å². The monoisotopic (exact) mass is 226 g/mol. The molecule has 1 aliphatic heterocycles. The lowest BCUT2D eigenvalue weighted by molar-refractivity contribution is 0.170. The predicted molar refractivity (Wildman–Crippen MR) is 66.6 cm³/mol. The Morgan fingerprint density at radius 3 is 2.62 bits per heavy atom. The lowest BCUT2D eigenvalue weighted by Crippen LogP contribution is -2.36. The first-order valence-electron chi connectivity index (χ1n) is 6.59. The Labute approximate surface area is 99.3 Å². The highest BCUT2D eigenvalue weighted by Crippen LogP contribution is 2.48. The maximum atomic E-state index is 5.18. The molecule has 0 aromatic rings. The molecule has 0 spiro atoms. The summed E-state index contributed by atoms with van der Waals surface area (Å²) >= 11 is 0. The summed E-state index contributed by atoms with van der Waals surface area (Å²) < 4.78 is 5.18. The van der Waals surface area contributed by atoms with Gasteiger partial charge in [0.25, 0.3) is 0 Å². The van der Waals surface area contributed by atoms with Gasteiger partial charge in [-0.05, 0) is 43.1 Å². The molecular weight excluding hydrogens is 200 g/mol. The van der Waals surface area contributed by atoms with E-state index in [1.807, 2.05) is 0 Å². The third-order valence-electron chi connectivity index (χ3n) is 4.30. The average Bonchev–Trinajstić information content (AvgIpc) is 2.91. The van der Waals surface area contributed by atoms with Crippen molar-refractivity contribution < 1.29 is 4.74 Å². The molecule has 0 amide bonds. The first-order chi connectivity index (χ1) is 7.68. The van der Waals surface area contributed by atoms with Crippen molar-refractivity contribution >= 4 is 0 Å². The minimum atomic E-state index is 0.483. The highest BCUT2D eigenvalue weighted by atomic mass is 16.5. The van der Waals surface area contributed by atoms with E-state index in [1.54, 1.807) is 7.11 Å². The van der Waals surface area contributed by atoms with Gasteiger partial charge in [0.1, 0.15) is 0 Å². The Morgan fingerprint density at radius 1 is 1.25 bits per heavy atom. The zero-order chi connectivity index (χ0) is 11.5. The largest absolute Gasteiger partial charge is 0.385 e. The van der Waals surface area contributed by atoms with Crippen molar-refractivity contribution in [3.05, 3.63) is 0 Å². The quantitative estimate of drug-likeness (QED) is 0.688. The summed E-state index contributed by atoms with van der Waals surface area (Å²) in [6, 6.07) is 0. The number of methoxy groups -OCH3 is 1. The highest BCUT2D eigenvalue weighted by Gasteiger charge is 2.42. The molecule has 1 heterocycles. The van der Waals surface area contributed by atoms with Crippen LogP contribution < -0.4 is 10.6 Å². The smallest absolute Gasteiger partial charge is 0.0468 e. The Balaban J connectivity index is 1.64. The second-order valence-electron chi connectivity index (χ2n) is 6.08. The summed E-state index contributed by atoms with van der Waals surface area (Å²) in [7, 11) is 1.80. The second kappa shape index (κ2) is 5.03. The molecule has 1 saturated carbocycles. The lowest BCUT2D eigenvalue weighted by atomic mass is 9.89. The Kier molecular flexibility index (Phi) is 3.88. The lowest BCUT2D eigenvalue weighted by Gasteiger charge is -2.25. The molecule has 94 valence electrons. The van der Waals surface area contributed by atoms with Crippen LogP contribution in [0.1, 0.15) is 32.6 Å². The maximum absolute atomic E-state index is 5.18. The number of ether oxygens (including phenoxy) is 1. The third kappa shape index (κ3) is 3.19. The number of rotatable bonds is 7. The summed E-state index contributed by atoms with van der Waals surface area (Å²) in [4.78, 5) is 0. The molecule has 3 nitrogen and oxygen atoms in total. The number of hydrogen-bond donors (Lipinski definition) is 2. The first-order valence-corrected chi connectivity index (χ1v) is 6.59. The summed E-state index contributed by atoms with van der Waals surface area (Å²) in [5, 5.41) is 7.13. The minimum Gasteiger partial charge on any atom is -0.385 e. The minimum absolute atomic E-state index is 0.483. The molecule has 1 aliphatic carbocycles. The van der Waals surface area contributed by atoms with Crippen molar-refractivity contribution in [3.63, 3.8) is 0 Å². The third-order valence-corrected chi connectivity index (χ3v) is 4.30. The van der Waals surface area contributed by atoms with Crippen molar-refractivity contribution in [2.24, 2.45) is 10.8 Å². The molecule has 0 bridgehead atoms. The molecule has 0 radical (unpaired) electrons. The first kappa shape index (κ1) is 12.3.